The minimum Gasteiger partial charge on any atom is -0.462 e. The van der Waals surface area contributed by atoms with Gasteiger partial charge in [0, 0.05) is 13.0 Å². The van der Waals surface area contributed by atoms with Crippen LogP contribution in [0, 0.1) is 0 Å². The molecule has 0 bridgehead atoms. The van der Waals surface area contributed by atoms with Gasteiger partial charge in [0.05, 0.1) is 6.61 Å². The highest BCUT2D eigenvalue weighted by Crippen LogP contribution is 2.24. The Bertz CT molecular complexity index is 802. The number of hydrogen-bond acceptors (Lipinski definition) is 5. The monoisotopic (exact) mass is 409 g/mol. The predicted octanol–water partition coefficient (Wildman–Crippen LogP) is 3.80. The summed E-state index contributed by atoms with van der Waals surface area (Å²) in [6.07, 6.45) is 3.77. The number of rotatable bonds is 10. The van der Waals surface area contributed by atoms with Crippen molar-refractivity contribution in [3.8, 4) is 0 Å². The number of nitrogens with zero attached hydrogens (tertiary/aromatic N) is 1. The highest BCUT2D eigenvalue weighted by molar-refractivity contribution is 6.06. The molecule has 2 aromatic carbocycles. The Hall–Kier alpha value is -2.50. The van der Waals surface area contributed by atoms with Crippen molar-refractivity contribution in [3.63, 3.8) is 0 Å². The van der Waals surface area contributed by atoms with Crippen molar-refractivity contribution in [2.45, 2.75) is 44.8 Å². The van der Waals surface area contributed by atoms with Crippen molar-refractivity contribution in [3.05, 3.63) is 71.8 Å². The standard InChI is InChI=1S/C25H31NO4/c1-21(27)25(19-22-11-5-2-6-12-22,30-20-23-13-7-3-8-14-23)24(28)29-18-17-26-15-9-4-10-16-26/h2-3,5-8,11-14H,4,9-10,15-20H2,1H3. The topological polar surface area (TPSA) is 55.8 Å². The summed E-state index contributed by atoms with van der Waals surface area (Å²) < 4.78 is 11.7. The summed E-state index contributed by atoms with van der Waals surface area (Å²) in [5.74, 6) is -0.947. The summed E-state index contributed by atoms with van der Waals surface area (Å²) in [6.45, 7) is 4.57. The maximum Gasteiger partial charge on any atom is 0.346 e. The fourth-order valence-corrected chi connectivity index (χ4v) is 3.78. The molecule has 1 aliphatic heterocycles. The number of carbonyl (C=O) groups is 2. The first-order valence-corrected chi connectivity index (χ1v) is 10.7. The van der Waals surface area contributed by atoms with E-state index < -0.39 is 11.6 Å². The van der Waals surface area contributed by atoms with E-state index in [0.717, 1.165) is 24.2 Å². The van der Waals surface area contributed by atoms with Crippen LogP contribution in [-0.2, 0) is 32.1 Å². The molecule has 1 aliphatic rings. The Labute approximate surface area is 179 Å². The van der Waals surface area contributed by atoms with Gasteiger partial charge in [-0.25, -0.2) is 4.79 Å². The predicted molar refractivity (Wildman–Crippen MR) is 116 cm³/mol. The zero-order valence-electron chi connectivity index (χ0n) is 17.7. The van der Waals surface area contributed by atoms with Gasteiger partial charge in [0.15, 0.2) is 5.78 Å². The molecule has 0 radical (unpaired) electrons. The van der Waals surface area contributed by atoms with Gasteiger partial charge in [-0.3, -0.25) is 9.69 Å². The zero-order valence-corrected chi connectivity index (χ0v) is 17.7. The van der Waals surface area contributed by atoms with Crippen molar-refractivity contribution in [2.75, 3.05) is 26.2 Å². The molecule has 0 aromatic heterocycles. The quantitative estimate of drug-likeness (QED) is 0.441. The van der Waals surface area contributed by atoms with Crippen LogP contribution < -0.4 is 0 Å². The number of Topliss-reactive ketones (excluding diaryl/α,β-unsaturated/α-hetero) is 1. The van der Waals surface area contributed by atoms with Crippen LogP contribution in [0.4, 0.5) is 0 Å². The van der Waals surface area contributed by atoms with Crippen LogP contribution in [0.5, 0.6) is 0 Å². The molecule has 0 saturated carbocycles. The van der Waals surface area contributed by atoms with Crippen LogP contribution in [0.15, 0.2) is 60.7 Å². The Morgan fingerprint density at radius 2 is 1.50 bits per heavy atom. The van der Waals surface area contributed by atoms with Crippen LogP contribution in [0.1, 0.15) is 37.3 Å². The Balaban J connectivity index is 1.73. The molecular formula is C25H31NO4. The van der Waals surface area contributed by atoms with Crippen molar-refractivity contribution < 1.29 is 19.1 Å². The van der Waals surface area contributed by atoms with E-state index in [2.05, 4.69) is 4.90 Å². The third-order valence-corrected chi connectivity index (χ3v) is 5.61. The molecule has 1 fully saturated rings. The van der Waals surface area contributed by atoms with E-state index in [0.29, 0.717) is 6.54 Å². The molecule has 0 spiro atoms. The van der Waals surface area contributed by atoms with E-state index in [-0.39, 0.29) is 25.4 Å². The van der Waals surface area contributed by atoms with Crippen molar-refractivity contribution >= 4 is 11.8 Å². The smallest absolute Gasteiger partial charge is 0.346 e. The maximum atomic E-state index is 13.2. The average molecular weight is 410 g/mol. The van der Waals surface area contributed by atoms with Crippen LogP contribution in [-0.4, -0.2) is 48.5 Å². The molecule has 2 aromatic rings. The number of ketones is 1. The summed E-state index contributed by atoms with van der Waals surface area (Å²) in [7, 11) is 0. The van der Waals surface area contributed by atoms with Gasteiger partial charge in [-0.15, -0.1) is 0 Å². The van der Waals surface area contributed by atoms with E-state index in [1.807, 2.05) is 60.7 Å². The van der Waals surface area contributed by atoms with E-state index in [9.17, 15) is 9.59 Å². The molecule has 1 atom stereocenters. The van der Waals surface area contributed by atoms with Gasteiger partial charge >= 0.3 is 5.97 Å². The number of esters is 1. The first kappa shape index (κ1) is 22.2. The first-order valence-electron chi connectivity index (χ1n) is 10.7. The number of likely N-dealkylation sites (tertiary alicyclic amines) is 1. The molecule has 1 unspecified atom stereocenters. The van der Waals surface area contributed by atoms with Gasteiger partial charge in [-0.1, -0.05) is 67.1 Å². The number of carbonyl (C=O) groups excluding carboxylic acids is 2. The molecular weight excluding hydrogens is 378 g/mol. The second-order valence-corrected chi connectivity index (χ2v) is 7.86. The third-order valence-electron chi connectivity index (χ3n) is 5.61. The Kier molecular flexibility index (Phi) is 8.17. The summed E-state index contributed by atoms with van der Waals surface area (Å²) in [4.78, 5) is 28.2. The molecule has 5 nitrogen and oxygen atoms in total. The van der Waals surface area contributed by atoms with Gasteiger partial charge < -0.3 is 9.47 Å². The lowest BCUT2D eigenvalue weighted by molar-refractivity contribution is -0.179. The molecule has 0 amide bonds. The average Bonchev–Trinajstić information content (AvgIpc) is 2.78. The number of ether oxygens (including phenoxy) is 2. The second kappa shape index (κ2) is 11.0. The van der Waals surface area contributed by atoms with Crippen LogP contribution in [0.2, 0.25) is 0 Å². The third kappa shape index (κ3) is 6.00. The number of piperidine rings is 1. The van der Waals surface area contributed by atoms with Crippen molar-refractivity contribution in [1.82, 2.24) is 4.90 Å². The molecule has 0 N–H and O–H groups in total. The normalized spacial score (nSPS) is 16.6. The van der Waals surface area contributed by atoms with Crippen molar-refractivity contribution in [2.24, 2.45) is 0 Å². The minimum absolute atomic E-state index is 0.151. The van der Waals surface area contributed by atoms with E-state index in [1.54, 1.807) is 0 Å². The first-order chi connectivity index (χ1) is 14.6. The molecule has 160 valence electrons. The molecule has 0 aliphatic carbocycles. The molecule has 1 heterocycles. The Morgan fingerprint density at radius 1 is 0.900 bits per heavy atom. The zero-order chi connectivity index (χ0) is 21.2. The summed E-state index contributed by atoms with van der Waals surface area (Å²) in [5, 5.41) is 0. The summed E-state index contributed by atoms with van der Waals surface area (Å²) in [6, 6.07) is 19.0. The maximum absolute atomic E-state index is 13.2. The van der Waals surface area contributed by atoms with Gasteiger partial charge in [-0.2, -0.15) is 0 Å². The van der Waals surface area contributed by atoms with Crippen LogP contribution in [0.25, 0.3) is 0 Å². The minimum atomic E-state index is -1.65. The largest absolute Gasteiger partial charge is 0.462 e. The van der Waals surface area contributed by atoms with Gasteiger partial charge in [0.1, 0.15) is 6.61 Å². The highest BCUT2D eigenvalue weighted by atomic mass is 16.6. The molecule has 30 heavy (non-hydrogen) atoms. The summed E-state index contributed by atoms with van der Waals surface area (Å²) >= 11 is 0. The molecule has 5 heteroatoms. The van der Waals surface area contributed by atoms with Gasteiger partial charge in [-0.05, 0) is 44.0 Å². The summed E-state index contributed by atoms with van der Waals surface area (Å²) in [5.41, 5.74) is 0.102. The lowest BCUT2D eigenvalue weighted by atomic mass is 9.90. The second-order valence-electron chi connectivity index (χ2n) is 7.86. The SMILES string of the molecule is CC(=O)C(Cc1ccccc1)(OCc1ccccc1)C(=O)OCCN1CCCCC1. The van der Waals surface area contributed by atoms with Gasteiger partial charge in [0.25, 0.3) is 0 Å². The lowest BCUT2D eigenvalue weighted by Crippen LogP contribution is -2.51. The number of hydrogen-bond donors (Lipinski definition) is 0. The fraction of sp³-hybridized carbons (Fsp3) is 0.440. The fourth-order valence-electron chi connectivity index (χ4n) is 3.78. The van der Waals surface area contributed by atoms with Crippen LogP contribution >= 0.6 is 0 Å². The Morgan fingerprint density at radius 3 is 2.10 bits per heavy atom. The van der Waals surface area contributed by atoms with E-state index in [4.69, 9.17) is 9.47 Å². The lowest BCUT2D eigenvalue weighted by Gasteiger charge is -2.31. The van der Waals surface area contributed by atoms with E-state index >= 15 is 0 Å². The van der Waals surface area contributed by atoms with Crippen molar-refractivity contribution in [1.29, 1.82) is 0 Å². The van der Waals surface area contributed by atoms with Crippen LogP contribution in [0.3, 0.4) is 0 Å². The van der Waals surface area contributed by atoms with Gasteiger partial charge in [0.2, 0.25) is 5.60 Å². The number of benzene rings is 2. The van der Waals surface area contributed by atoms with E-state index in [1.165, 1.54) is 26.2 Å². The molecule has 3 rings (SSSR count). The molecule has 1 saturated heterocycles. The highest BCUT2D eigenvalue weighted by Gasteiger charge is 2.46.